The predicted molar refractivity (Wildman–Crippen MR) is 105 cm³/mol. The van der Waals surface area contributed by atoms with Crippen LogP contribution in [0.1, 0.15) is 17.7 Å². The van der Waals surface area contributed by atoms with Crippen molar-refractivity contribution in [1.29, 1.82) is 0 Å². The van der Waals surface area contributed by atoms with E-state index >= 15 is 0 Å². The molecule has 138 valence electrons. The predicted octanol–water partition coefficient (Wildman–Crippen LogP) is 3.37. The Kier molecular flexibility index (Phi) is 6.66. The number of likely N-dealkylation sites (tertiary alicyclic amines) is 1. The lowest BCUT2D eigenvalue weighted by Crippen LogP contribution is -2.45. The van der Waals surface area contributed by atoms with Crippen LogP contribution in [-0.2, 0) is 16.1 Å². The van der Waals surface area contributed by atoms with Crippen LogP contribution in [-0.4, -0.2) is 36.3 Å². The summed E-state index contributed by atoms with van der Waals surface area (Å²) in [5, 5.41) is 5.87. The Morgan fingerprint density at radius 2 is 2.00 bits per heavy atom. The molecule has 5 nitrogen and oxygen atoms in total. The molecular formula is C19H22ClN3O2S. The van der Waals surface area contributed by atoms with Crippen LogP contribution < -0.4 is 10.6 Å². The Bertz CT molecular complexity index is 750. The first kappa shape index (κ1) is 18.9. The van der Waals surface area contributed by atoms with Crippen molar-refractivity contribution in [3.05, 3.63) is 51.7 Å². The monoisotopic (exact) mass is 391 g/mol. The van der Waals surface area contributed by atoms with Gasteiger partial charge in [0.25, 0.3) is 0 Å². The van der Waals surface area contributed by atoms with E-state index in [0.29, 0.717) is 19.6 Å². The van der Waals surface area contributed by atoms with Crippen molar-refractivity contribution in [3.63, 3.8) is 0 Å². The fraction of sp³-hybridized carbons (Fsp3) is 0.368. The van der Waals surface area contributed by atoms with Crippen molar-refractivity contribution < 1.29 is 9.59 Å². The minimum Gasteiger partial charge on any atom is -0.350 e. The minimum atomic E-state index is -0.0899. The quantitative estimate of drug-likeness (QED) is 0.793. The van der Waals surface area contributed by atoms with E-state index in [1.807, 2.05) is 42.5 Å². The van der Waals surface area contributed by atoms with E-state index in [-0.39, 0.29) is 17.7 Å². The molecule has 1 atom stereocenters. The molecule has 1 aliphatic heterocycles. The van der Waals surface area contributed by atoms with Gasteiger partial charge in [-0.05, 0) is 43.7 Å². The number of nitrogens with one attached hydrogen (secondary N) is 2. The number of halogens is 1. The smallest absolute Gasteiger partial charge is 0.234 e. The molecule has 2 heterocycles. The Balaban J connectivity index is 1.45. The van der Waals surface area contributed by atoms with E-state index in [4.69, 9.17) is 11.6 Å². The number of thiophene rings is 1. The molecule has 3 rings (SSSR count). The van der Waals surface area contributed by atoms with Gasteiger partial charge in [0.05, 0.1) is 23.3 Å². The van der Waals surface area contributed by atoms with Gasteiger partial charge in [-0.25, -0.2) is 0 Å². The first-order valence-electron chi connectivity index (χ1n) is 8.69. The molecule has 2 N–H and O–H groups in total. The van der Waals surface area contributed by atoms with E-state index in [9.17, 15) is 9.59 Å². The largest absolute Gasteiger partial charge is 0.350 e. The maximum Gasteiger partial charge on any atom is 0.234 e. The number of carbonyl (C=O) groups is 2. The summed E-state index contributed by atoms with van der Waals surface area (Å²) in [6.45, 7) is 2.25. The molecule has 2 amide bonds. The lowest BCUT2D eigenvalue weighted by atomic mass is 9.97. The van der Waals surface area contributed by atoms with Gasteiger partial charge in [0.2, 0.25) is 11.8 Å². The highest BCUT2D eigenvalue weighted by Gasteiger charge is 2.26. The van der Waals surface area contributed by atoms with Crippen molar-refractivity contribution in [1.82, 2.24) is 10.2 Å². The number of anilines is 1. The fourth-order valence-corrected chi connectivity index (χ4v) is 4.10. The molecule has 26 heavy (non-hydrogen) atoms. The molecule has 0 saturated carbocycles. The van der Waals surface area contributed by atoms with E-state index in [2.05, 4.69) is 15.5 Å². The number of hydrogen-bond donors (Lipinski definition) is 2. The van der Waals surface area contributed by atoms with Crippen LogP contribution in [0.15, 0.2) is 42.5 Å². The van der Waals surface area contributed by atoms with E-state index < -0.39 is 0 Å². The van der Waals surface area contributed by atoms with Crippen LogP contribution in [0, 0.1) is 5.92 Å². The van der Waals surface area contributed by atoms with Gasteiger partial charge in [-0.1, -0.05) is 29.8 Å². The topological polar surface area (TPSA) is 61.4 Å². The van der Waals surface area contributed by atoms with Crippen molar-refractivity contribution in [2.75, 3.05) is 25.0 Å². The molecule has 0 spiro atoms. The van der Waals surface area contributed by atoms with Gasteiger partial charge in [-0.2, -0.15) is 0 Å². The van der Waals surface area contributed by atoms with Gasteiger partial charge in [-0.3, -0.25) is 14.5 Å². The lowest BCUT2D eigenvalue weighted by molar-refractivity contribution is -0.125. The minimum absolute atomic E-state index is 0.0227. The summed E-state index contributed by atoms with van der Waals surface area (Å²) in [7, 11) is 0. The van der Waals surface area contributed by atoms with E-state index in [1.165, 1.54) is 11.3 Å². The molecule has 1 aliphatic rings. The molecule has 0 radical (unpaired) electrons. The Morgan fingerprint density at radius 1 is 1.19 bits per heavy atom. The summed E-state index contributed by atoms with van der Waals surface area (Å²) >= 11 is 7.36. The van der Waals surface area contributed by atoms with Gasteiger partial charge >= 0.3 is 0 Å². The van der Waals surface area contributed by atoms with Crippen LogP contribution in [0.4, 0.5) is 5.69 Å². The molecule has 1 aromatic carbocycles. The van der Waals surface area contributed by atoms with Crippen molar-refractivity contribution >= 4 is 40.4 Å². The first-order chi connectivity index (χ1) is 12.6. The Hall–Kier alpha value is -1.89. The Morgan fingerprint density at radius 3 is 2.73 bits per heavy atom. The highest BCUT2D eigenvalue weighted by Crippen LogP contribution is 2.21. The second-order valence-electron chi connectivity index (χ2n) is 6.41. The van der Waals surface area contributed by atoms with E-state index in [1.54, 1.807) is 0 Å². The normalized spacial score (nSPS) is 17.7. The molecular weight excluding hydrogens is 370 g/mol. The number of hydrogen-bond acceptors (Lipinski definition) is 4. The summed E-state index contributed by atoms with van der Waals surface area (Å²) in [4.78, 5) is 27.7. The molecule has 0 bridgehead atoms. The van der Waals surface area contributed by atoms with Gasteiger partial charge in [-0.15, -0.1) is 11.3 Å². The molecule has 0 aliphatic carbocycles. The number of amides is 2. The number of rotatable bonds is 6. The number of para-hydroxylation sites is 1. The van der Waals surface area contributed by atoms with Gasteiger partial charge in [0, 0.05) is 17.1 Å². The second kappa shape index (κ2) is 9.16. The molecule has 2 aromatic rings. The highest BCUT2D eigenvalue weighted by atomic mass is 35.5. The zero-order valence-corrected chi connectivity index (χ0v) is 16.0. The van der Waals surface area contributed by atoms with E-state index in [0.717, 1.165) is 34.3 Å². The van der Waals surface area contributed by atoms with Crippen molar-refractivity contribution in [2.24, 2.45) is 5.92 Å². The number of benzene rings is 1. The average molecular weight is 392 g/mol. The van der Waals surface area contributed by atoms with Gasteiger partial charge in [0.1, 0.15) is 0 Å². The third kappa shape index (κ3) is 5.56. The van der Waals surface area contributed by atoms with Crippen LogP contribution in [0.2, 0.25) is 4.34 Å². The maximum absolute atomic E-state index is 12.5. The summed E-state index contributed by atoms with van der Waals surface area (Å²) in [6, 6.07) is 13.2. The van der Waals surface area contributed by atoms with Crippen LogP contribution in [0.25, 0.3) is 0 Å². The first-order valence-corrected chi connectivity index (χ1v) is 9.89. The molecule has 7 heteroatoms. The third-order valence-corrected chi connectivity index (χ3v) is 5.60. The van der Waals surface area contributed by atoms with Crippen molar-refractivity contribution in [2.45, 2.75) is 19.4 Å². The molecule has 1 fully saturated rings. The summed E-state index contributed by atoms with van der Waals surface area (Å²) in [5.41, 5.74) is 0.807. The zero-order valence-electron chi connectivity index (χ0n) is 14.4. The van der Waals surface area contributed by atoms with Crippen LogP contribution in [0.5, 0.6) is 0 Å². The van der Waals surface area contributed by atoms with Gasteiger partial charge in [0.15, 0.2) is 0 Å². The summed E-state index contributed by atoms with van der Waals surface area (Å²) in [5.74, 6) is -0.0963. The zero-order chi connectivity index (χ0) is 18.4. The lowest BCUT2D eigenvalue weighted by Gasteiger charge is -2.31. The average Bonchev–Trinajstić information content (AvgIpc) is 3.06. The summed E-state index contributed by atoms with van der Waals surface area (Å²) < 4.78 is 0.720. The van der Waals surface area contributed by atoms with Crippen LogP contribution in [0.3, 0.4) is 0 Å². The third-order valence-electron chi connectivity index (χ3n) is 4.37. The maximum atomic E-state index is 12.5. The number of nitrogens with zero attached hydrogens (tertiary/aromatic N) is 1. The summed E-state index contributed by atoms with van der Waals surface area (Å²) in [6.07, 6.45) is 1.77. The number of carbonyl (C=O) groups excluding carboxylic acids is 2. The standard InChI is InChI=1S/C19H22ClN3O2S/c20-17-9-8-16(26-17)11-21-18(24)13-23-10-4-5-14(12-23)19(25)22-15-6-2-1-3-7-15/h1-3,6-9,14H,4-5,10-13H2,(H,21,24)(H,22,25). The molecule has 1 unspecified atom stereocenters. The van der Waals surface area contributed by atoms with Gasteiger partial charge < -0.3 is 10.6 Å². The SMILES string of the molecule is O=C(CN1CCCC(C(=O)Nc2ccccc2)C1)NCc1ccc(Cl)s1. The van der Waals surface area contributed by atoms with Crippen LogP contribution >= 0.6 is 22.9 Å². The highest BCUT2D eigenvalue weighted by molar-refractivity contribution is 7.16. The van der Waals surface area contributed by atoms with Crippen molar-refractivity contribution in [3.8, 4) is 0 Å². The molecule has 1 saturated heterocycles. The molecule has 1 aromatic heterocycles. The number of piperidine rings is 1. The Labute approximate surface area is 162 Å². The second-order valence-corrected chi connectivity index (χ2v) is 8.21. The fourth-order valence-electron chi connectivity index (χ4n) is 3.07.